The molecule has 0 radical (unpaired) electrons. The fourth-order valence-corrected chi connectivity index (χ4v) is 2.91. The minimum atomic E-state index is -0.0308. The fraction of sp³-hybridized carbons (Fsp3) is 0.381. The molecule has 0 saturated carbocycles. The van der Waals surface area contributed by atoms with Crippen LogP contribution in [0.25, 0.3) is 0 Å². The van der Waals surface area contributed by atoms with Crippen LogP contribution < -0.4 is 14.8 Å². The van der Waals surface area contributed by atoms with E-state index < -0.39 is 0 Å². The Kier molecular flexibility index (Phi) is 5.18. The minimum absolute atomic E-state index is 0.0308. The third kappa shape index (κ3) is 4.55. The van der Waals surface area contributed by atoms with E-state index in [2.05, 4.69) is 38.2 Å². The number of rotatable bonds is 5. The first kappa shape index (κ1) is 18.3. The summed E-state index contributed by atoms with van der Waals surface area (Å²) in [7, 11) is 1.92. The van der Waals surface area contributed by atoms with E-state index in [-0.39, 0.29) is 18.1 Å². The van der Waals surface area contributed by atoms with Gasteiger partial charge >= 0.3 is 0 Å². The summed E-state index contributed by atoms with van der Waals surface area (Å²) in [5.74, 6) is 1.50. The molecule has 5 nitrogen and oxygen atoms in total. The first-order valence-corrected chi connectivity index (χ1v) is 8.79. The first-order valence-electron chi connectivity index (χ1n) is 8.79. The van der Waals surface area contributed by atoms with Crippen molar-refractivity contribution in [1.82, 2.24) is 4.90 Å². The van der Waals surface area contributed by atoms with Crippen LogP contribution in [0.4, 0.5) is 5.69 Å². The number of nitrogens with one attached hydrogen (secondary N) is 1. The second-order valence-corrected chi connectivity index (χ2v) is 7.74. The highest BCUT2D eigenvalue weighted by atomic mass is 16.7. The second kappa shape index (κ2) is 7.38. The van der Waals surface area contributed by atoms with Crippen molar-refractivity contribution in [2.24, 2.45) is 0 Å². The number of anilines is 1. The lowest BCUT2D eigenvalue weighted by atomic mass is 9.87. The maximum absolute atomic E-state index is 12.3. The van der Waals surface area contributed by atoms with Crippen molar-refractivity contribution in [3.8, 4) is 11.5 Å². The van der Waals surface area contributed by atoms with Gasteiger partial charge < -0.3 is 14.8 Å². The number of benzene rings is 2. The number of carbonyl (C=O) groups excluding carboxylic acids is 1. The van der Waals surface area contributed by atoms with Gasteiger partial charge in [-0.1, -0.05) is 39.0 Å². The summed E-state index contributed by atoms with van der Waals surface area (Å²) in [5.41, 5.74) is 3.25. The van der Waals surface area contributed by atoms with Crippen LogP contribution in [-0.4, -0.2) is 31.2 Å². The molecule has 1 aliphatic rings. The predicted molar refractivity (Wildman–Crippen MR) is 103 cm³/mol. The van der Waals surface area contributed by atoms with E-state index in [4.69, 9.17) is 9.47 Å². The summed E-state index contributed by atoms with van der Waals surface area (Å²) in [6, 6.07) is 13.9. The quantitative estimate of drug-likeness (QED) is 0.888. The van der Waals surface area contributed by atoms with Crippen LogP contribution >= 0.6 is 0 Å². The van der Waals surface area contributed by atoms with E-state index in [1.165, 1.54) is 5.56 Å². The lowest BCUT2D eigenvalue weighted by Crippen LogP contribution is -2.29. The molecular weight excluding hydrogens is 328 g/mol. The largest absolute Gasteiger partial charge is 0.454 e. The summed E-state index contributed by atoms with van der Waals surface area (Å²) < 4.78 is 10.7. The van der Waals surface area contributed by atoms with E-state index >= 15 is 0 Å². The number of amides is 1. The van der Waals surface area contributed by atoms with Gasteiger partial charge in [-0.05, 0) is 47.9 Å². The van der Waals surface area contributed by atoms with Crippen LogP contribution in [0.15, 0.2) is 42.5 Å². The topological polar surface area (TPSA) is 50.8 Å². The third-order valence-electron chi connectivity index (χ3n) is 4.34. The van der Waals surface area contributed by atoms with Gasteiger partial charge in [0.1, 0.15) is 0 Å². The molecule has 1 aliphatic heterocycles. The zero-order chi connectivity index (χ0) is 18.7. The van der Waals surface area contributed by atoms with Gasteiger partial charge in [0, 0.05) is 12.2 Å². The Hall–Kier alpha value is -2.53. The third-order valence-corrected chi connectivity index (χ3v) is 4.34. The zero-order valence-corrected chi connectivity index (χ0v) is 15.8. The van der Waals surface area contributed by atoms with Crippen LogP contribution in [0, 0.1) is 0 Å². The number of hydrogen-bond acceptors (Lipinski definition) is 4. The molecule has 0 atom stereocenters. The van der Waals surface area contributed by atoms with Gasteiger partial charge in [0.15, 0.2) is 11.5 Å². The van der Waals surface area contributed by atoms with Crippen molar-refractivity contribution >= 4 is 11.6 Å². The predicted octanol–water partition coefficient (Wildman–Crippen LogP) is 3.78. The number of likely N-dealkylation sites (N-methyl/N-ethyl adjacent to an activating group) is 1. The highest BCUT2D eigenvalue weighted by Crippen LogP contribution is 2.32. The van der Waals surface area contributed by atoms with Crippen molar-refractivity contribution in [2.45, 2.75) is 32.7 Å². The number of fused-ring (bicyclic) bond motifs is 1. The highest BCUT2D eigenvalue weighted by molar-refractivity contribution is 5.92. The molecule has 3 rings (SSSR count). The molecule has 2 aromatic rings. The van der Waals surface area contributed by atoms with Crippen LogP contribution in [0.3, 0.4) is 0 Å². The van der Waals surface area contributed by atoms with Crippen molar-refractivity contribution in [1.29, 1.82) is 0 Å². The van der Waals surface area contributed by atoms with E-state index in [0.717, 1.165) is 22.7 Å². The standard InChI is InChI=1S/C21H26N2O3/c1-21(2,3)16-6-8-17(9-7-16)22-20(24)13-23(4)12-15-5-10-18-19(11-15)26-14-25-18/h5-11H,12-14H2,1-4H3,(H,22,24). The smallest absolute Gasteiger partial charge is 0.238 e. The number of nitrogens with zero attached hydrogens (tertiary/aromatic N) is 1. The molecule has 1 N–H and O–H groups in total. The van der Waals surface area contributed by atoms with Gasteiger partial charge in [0.25, 0.3) is 0 Å². The molecule has 138 valence electrons. The summed E-state index contributed by atoms with van der Waals surface area (Å²) in [4.78, 5) is 14.3. The molecule has 0 aromatic heterocycles. The van der Waals surface area contributed by atoms with Crippen LogP contribution in [0.5, 0.6) is 11.5 Å². The number of hydrogen-bond donors (Lipinski definition) is 1. The Labute approximate surface area is 154 Å². The highest BCUT2D eigenvalue weighted by Gasteiger charge is 2.15. The lowest BCUT2D eigenvalue weighted by Gasteiger charge is -2.20. The molecule has 0 unspecified atom stereocenters. The SMILES string of the molecule is CN(CC(=O)Nc1ccc(C(C)(C)C)cc1)Cc1ccc2c(c1)OCO2. The van der Waals surface area contributed by atoms with Crippen LogP contribution in [0.1, 0.15) is 31.9 Å². The zero-order valence-electron chi connectivity index (χ0n) is 15.8. The number of carbonyl (C=O) groups is 1. The Balaban J connectivity index is 1.52. The summed E-state index contributed by atoms with van der Waals surface area (Å²) in [5, 5.41) is 2.95. The Morgan fingerprint density at radius 1 is 1.08 bits per heavy atom. The number of ether oxygens (including phenoxy) is 2. The first-order chi connectivity index (χ1) is 12.3. The molecule has 26 heavy (non-hydrogen) atoms. The van der Waals surface area contributed by atoms with Gasteiger partial charge in [-0.3, -0.25) is 9.69 Å². The molecule has 5 heteroatoms. The van der Waals surface area contributed by atoms with Gasteiger partial charge in [-0.15, -0.1) is 0 Å². The summed E-state index contributed by atoms with van der Waals surface area (Å²) in [6.45, 7) is 7.76. The van der Waals surface area contributed by atoms with Crippen LogP contribution in [-0.2, 0) is 16.8 Å². The molecule has 0 aliphatic carbocycles. The van der Waals surface area contributed by atoms with Crippen molar-refractivity contribution in [2.75, 3.05) is 25.7 Å². The second-order valence-electron chi connectivity index (χ2n) is 7.74. The fourth-order valence-electron chi connectivity index (χ4n) is 2.91. The van der Waals surface area contributed by atoms with Gasteiger partial charge in [-0.25, -0.2) is 0 Å². The van der Waals surface area contributed by atoms with Gasteiger partial charge in [-0.2, -0.15) is 0 Å². The molecule has 0 spiro atoms. The maximum Gasteiger partial charge on any atom is 0.238 e. The van der Waals surface area contributed by atoms with Crippen LogP contribution in [0.2, 0.25) is 0 Å². The Morgan fingerprint density at radius 3 is 2.46 bits per heavy atom. The van der Waals surface area contributed by atoms with Gasteiger partial charge in [0.2, 0.25) is 12.7 Å². The van der Waals surface area contributed by atoms with E-state index in [1.807, 2.05) is 42.3 Å². The maximum atomic E-state index is 12.3. The normalized spacial score (nSPS) is 13.1. The average Bonchev–Trinajstić information content (AvgIpc) is 3.01. The molecule has 0 saturated heterocycles. The minimum Gasteiger partial charge on any atom is -0.454 e. The summed E-state index contributed by atoms with van der Waals surface area (Å²) >= 11 is 0. The molecule has 1 amide bonds. The molecule has 0 bridgehead atoms. The van der Waals surface area contributed by atoms with Crippen molar-refractivity contribution < 1.29 is 14.3 Å². The monoisotopic (exact) mass is 354 g/mol. The molecule has 1 heterocycles. The summed E-state index contributed by atoms with van der Waals surface area (Å²) in [6.07, 6.45) is 0. The molecule has 0 fully saturated rings. The van der Waals surface area contributed by atoms with E-state index in [0.29, 0.717) is 13.1 Å². The average molecular weight is 354 g/mol. The molecule has 2 aromatic carbocycles. The van der Waals surface area contributed by atoms with Crippen molar-refractivity contribution in [3.63, 3.8) is 0 Å². The molecular formula is C21H26N2O3. The lowest BCUT2D eigenvalue weighted by molar-refractivity contribution is -0.117. The van der Waals surface area contributed by atoms with E-state index in [1.54, 1.807) is 0 Å². The van der Waals surface area contributed by atoms with Gasteiger partial charge in [0.05, 0.1) is 6.54 Å². The van der Waals surface area contributed by atoms with Crippen molar-refractivity contribution in [3.05, 3.63) is 53.6 Å². The Morgan fingerprint density at radius 2 is 1.77 bits per heavy atom. The Bertz CT molecular complexity index is 779. The van der Waals surface area contributed by atoms with E-state index in [9.17, 15) is 4.79 Å².